The molecule has 1 aliphatic rings. The summed E-state index contributed by atoms with van der Waals surface area (Å²) in [6.07, 6.45) is 1.77. The lowest BCUT2D eigenvalue weighted by Crippen LogP contribution is -2.21. The highest BCUT2D eigenvalue weighted by molar-refractivity contribution is 6.32. The summed E-state index contributed by atoms with van der Waals surface area (Å²) in [6.45, 7) is 7.89. The minimum atomic E-state index is -0.448. The number of anilines is 1. The summed E-state index contributed by atoms with van der Waals surface area (Å²) < 4.78 is 16.1. The van der Waals surface area contributed by atoms with E-state index in [1.54, 1.807) is 38.1 Å². The van der Waals surface area contributed by atoms with E-state index < -0.39 is 5.97 Å². The molecule has 3 rings (SSSR count). The molecule has 1 aliphatic heterocycles. The molecule has 31 heavy (non-hydrogen) atoms. The van der Waals surface area contributed by atoms with Gasteiger partial charge in [-0.25, -0.2) is 4.79 Å². The van der Waals surface area contributed by atoms with Crippen LogP contribution in [-0.2, 0) is 14.3 Å². The van der Waals surface area contributed by atoms with Crippen molar-refractivity contribution in [2.75, 3.05) is 24.8 Å². The highest BCUT2D eigenvalue weighted by Crippen LogP contribution is 2.31. The van der Waals surface area contributed by atoms with E-state index in [1.807, 2.05) is 38.1 Å². The van der Waals surface area contributed by atoms with Crippen molar-refractivity contribution >= 4 is 29.4 Å². The molecule has 0 bridgehead atoms. The van der Waals surface area contributed by atoms with Gasteiger partial charge in [-0.05, 0) is 69.2 Å². The lowest BCUT2D eigenvalue weighted by Gasteiger charge is -2.13. The van der Waals surface area contributed by atoms with Crippen molar-refractivity contribution in [3.8, 4) is 11.5 Å². The summed E-state index contributed by atoms with van der Waals surface area (Å²) >= 11 is 0. The Morgan fingerprint density at radius 1 is 1.03 bits per heavy atom. The van der Waals surface area contributed by atoms with Gasteiger partial charge in [0, 0.05) is 0 Å². The summed E-state index contributed by atoms with van der Waals surface area (Å²) in [7, 11) is 0. The van der Waals surface area contributed by atoms with Crippen LogP contribution in [-0.4, -0.2) is 37.4 Å². The number of aryl methyl sites for hydroxylation is 1. The third kappa shape index (κ3) is 5.31. The Morgan fingerprint density at radius 3 is 2.55 bits per heavy atom. The maximum absolute atomic E-state index is 13.0. The second kappa shape index (κ2) is 9.93. The summed E-state index contributed by atoms with van der Waals surface area (Å²) in [4.78, 5) is 24.6. The molecule has 0 saturated carbocycles. The predicted molar refractivity (Wildman–Crippen MR) is 119 cm³/mol. The number of amides is 1. The van der Waals surface area contributed by atoms with Crippen LogP contribution in [0.25, 0.3) is 6.08 Å². The number of nitrogens with zero attached hydrogens (tertiary/aromatic N) is 2. The molecule has 0 atom stereocenters. The molecule has 0 unspecified atom stereocenters. The van der Waals surface area contributed by atoms with Crippen molar-refractivity contribution in [2.45, 2.75) is 27.7 Å². The average molecular weight is 422 g/mol. The number of carbonyl (C=O) groups is 2. The van der Waals surface area contributed by atoms with Crippen molar-refractivity contribution in [3.05, 3.63) is 59.2 Å². The molecule has 0 radical (unpaired) electrons. The molecule has 7 heteroatoms. The van der Waals surface area contributed by atoms with Gasteiger partial charge >= 0.3 is 5.97 Å². The predicted octanol–water partition coefficient (Wildman–Crippen LogP) is 4.14. The number of hydrazone groups is 1. The van der Waals surface area contributed by atoms with Crippen LogP contribution < -0.4 is 14.5 Å². The van der Waals surface area contributed by atoms with Crippen molar-refractivity contribution in [1.82, 2.24) is 0 Å². The Morgan fingerprint density at radius 2 is 1.84 bits per heavy atom. The van der Waals surface area contributed by atoms with Gasteiger partial charge in [-0.2, -0.15) is 10.1 Å². The molecule has 2 aromatic rings. The third-order valence-corrected chi connectivity index (χ3v) is 4.54. The molecular formula is C24H26N2O5. The van der Waals surface area contributed by atoms with Gasteiger partial charge in [0.25, 0.3) is 5.91 Å². The van der Waals surface area contributed by atoms with E-state index in [1.165, 1.54) is 5.01 Å². The van der Waals surface area contributed by atoms with Crippen LogP contribution in [0.5, 0.6) is 11.5 Å². The van der Waals surface area contributed by atoms with Crippen LogP contribution in [0, 0.1) is 6.92 Å². The highest BCUT2D eigenvalue weighted by Gasteiger charge is 2.28. The van der Waals surface area contributed by atoms with E-state index in [-0.39, 0.29) is 12.5 Å². The van der Waals surface area contributed by atoms with Crippen LogP contribution in [0.3, 0.4) is 0 Å². The fraction of sp³-hybridized carbons (Fsp3) is 0.292. The lowest BCUT2D eigenvalue weighted by molar-refractivity contribution is -0.145. The third-order valence-electron chi connectivity index (χ3n) is 4.54. The zero-order valence-corrected chi connectivity index (χ0v) is 18.2. The molecule has 0 N–H and O–H groups in total. The molecule has 7 nitrogen and oxygen atoms in total. The van der Waals surface area contributed by atoms with E-state index >= 15 is 0 Å². The number of benzene rings is 2. The minimum absolute atomic E-state index is 0.191. The molecule has 2 aromatic carbocycles. The molecule has 162 valence electrons. The molecule has 0 saturated heterocycles. The molecule has 0 aromatic heterocycles. The molecule has 1 amide bonds. The van der Waals surface area contributed by atoms with Gasteiger partial charge in [0.05, 0.1) is 30.2 Å². The summed E-state index contributed by atoms with van der Waals surface area (Å²) in [6, 6.07) is 12.9. The van der Waals surface area contributed by atoms with Gasteiger partial charge < -0.3 is 14.2 Å². The second-order valence-electron chi connectivity index (χ2n) is 6.93. The number of carbonyl (C=O) groups excluding carboxylic acids is 2. The summed E-state index contributed by atoms with van der Waals surface area (Å²) in [5.74, 6) is 0.276. The number of esters is 1. The van der Waals surface area contributed by atoms with Gasteiger partial charge in [0.1, 0.15) is 0 Å². The molecule has 0 fully saturated rings. The largest absolute Gasteiger partial charge is 0.490 e. The van der Waals surface area contributed by atoms with Crippen LogP contribution in [0.4, 0.5) is 5.69 Å². The minimum Gasteiger partial charge on any atom is -0.490 e. The maximum atomic E-state index is 13.0. The SMILES string of the molecule is CCOC(=O)COc1ccc(/C=C2\C(=O)N(c3cccc(C)c3)N=C2C)cc1OCC. The van der Waals surface area contributed by atoms with Crippen LogP contribution in [0.15, 0.2) is 53.1 Å². The topological polar surface area (TPSA) is 77.4 Å². The summed E-state index contributed by atoms with van der Waals surface area (Å²) in [5, 5.41) is 5.84. The van der Waals surface area contributed by atoms with E-state index in [9.17, 15) is 9.59 Å². The lowest BCUT2D eigenvalue weighted by atomic mass is 10.1. The van der Waals surface area contributed by atoms with E-state index in [0.717, 1.165) is 16.8 Å². The van der Waals surface area contributed by atoms with Gasteiger partial charge in [0.2, 0.25) is 0 Å². The van der Waals surface area contributed by atoms with E-state index in [0.29, 0.717) is 36.0 Å². The number of rotatable bonds is 8. The van der Waals surface area contributed by atoms with Gasteiger partial charge in [-0.3, -0.25) is 4.79 Å². The zero-order chi connectivity index (χ0) is 22.4. The quantitative estimate of drug-likeness (QED) is 0.472. The highest BCUT2D eigenvalue weighted by atomic mass is 16.6. The Kier molecular flexibility index (Phi) is 7.07. The number of hydrogen-bond acceptors (Lipinski definition) is 6. The van der Waals surface area contributed by atoms with Crippen molar-refractivity contribution < 1.29 is 23.8 Å². The molecule has 0 spiro atoms. The average Bonchev–Trinajstić information content (AvgIpc) is 3.02. The normalized spacial score (nSPS) is 14.6. The maximum Gasteiger partial charge on any atom is 0.344 e. The Labute approximate surface area is 181 Å². The van der Waals surface area contributed by atoms with Crippen LogP contribution in [0.1, 0.15) is 31.9 Å². The Balaban J connectivity index is 1.84. The van der Waals surface area contributed by atoms with Crippen LogP contribution >= 0.6 is 0 Å². The zero-order valence-electron chi connectivity index (χ0n) is 18.2. The van der Waals surface area contributed by atoms with Gasteiger partial charge in [0.15, 0.2) is 18.1 Å². The van der Waals surface area contributed by atoms with Gasteiger partial charge in [-0.1, -0.05) is 18.2 Å². The molecule has 0 aliphatic carbocycles. The second-order valence-corrected chi connectivity index (χ2v) is 6.93. The first-order valence-corrected chi connectivity index (χ1v) is 10.2. The fourth-order valence-corrected chi connectivity index (χ4v) is 3.13. The monoisotopic (exact) mass is 422 g/mol. The number of ether oxygens (including phenoxy) is 3. The first-order valence-electron chi connectivity index (χ1n) is 10.2. The smallest absolute Gasteiger partial charge is 0.344 e. The van der Waals surface area contributed by atoms with E-state index in [4.69, 9.17) is 14.2 Å². The molecular weight excluding hydrogens is 396 g/mol. The summed E-state index contributed by atoms with van der Waals surface area (Å²) in [5.41, 5.74) is 3.67. The van der Waals surface area contributed by atoms with Crippen molar-refractivity contribution in [3.63, 3.8) is 0 Å². The van der Waals surface area contributed by atoms with Gasteiger partial charge in [-0.15, -0.1) is 0 Å². The first kappa shape index (κ1) is 22.1. The van der Waals surface area contributed by atoms with Crippen molar-refractivity contribution in [1.29, 1.82) is 0 Å². The Hall–Kier alpha value is -3.61. The van der Waals surface area contributed by atoms with Crippen molar-refractivity contribution in [2.24, 2.45) is 5.10 Å². The number of hydrogen-bond donors (Lipinski definition) is 0. The van der Waals surface area contributed by atoms with Crippen LogP contribution in [0.2, 0.25) is 0 Å². The first-order chi connectivity index (χ1) is 14.9. The fourth-order valence-electron chi connectivity index (χ4n) is 3.13. The van der Waals surface area contributed by atoms with E-state index in [2.05, 4.69) is 5.10 Å². The molecule has 1 heterocycles. The standard InChI is InChI=1S/C24H26N2O5/c1-5-29-22-14-18(10-11-21(22)31-15-23(27)30-6-2)13-20-17(4)25-26(24(20)28)19-9-7-8-16(3)12-19/h7-14H,5-6,15H2,1-4H3/b20-13-. The Bertz CT molecular complexity index is 1040.